The summed E-state index contributed by atoms with van der Waals surface area (Å²) in [5.41, 5.74) is 0.581. The zero-order valence-corrected chi connectivity index (χ0v) is 14.1. The molecule has 4 nitrogen and oxygen atoms in total. The zero-order valence-electron chi connectivity index (χ0n) is 14.1. The maximum absolute atomic E-state index is 12.6. The number of rotatable bonds is 6. The summed E-state index contributed by atoms with van der Waals surface area (Å²) >= 11 is 0. The predicted molar refractivity (Wildman–Crippen MR) is 94.7 cm³/mol. The molecule has 4 heteroatoms. The Morgan fingerprint density at radius 2 is 1.92 bits per heavy atom. The van der Waals surface area contributed by atoms with Gasteiger partial charge in [0.25, 0.3) is 5.91 Å². The number of carbonyl (C=O) groups excluding carboxylic acids is 1. The smallest absolute Gasteiger partial charge is 0.255 e. The second-order valence-electron chi connectivity index (χ2n) is 6.22. The van der Waals surface area contributed by atoms with Crippen LogP contribution in [0, 0.1) is 0 Å². The molecule has 2 aromatic carbocycles. The number of carbonyl (C=O) groups is 1. The fraction of sp³-hybridized carbons (Fsp3) is 0.350. The third-order valence-corrected chi connectivity index (χ3v) is 4.69. The second-order valence-corrected chi connectivity index (χ2v) is 6.22. The first-order valence-electron chi connectivity index (χ1n) is 8.72. The fourth-order valence-electron chi connectivity index (χ4n) is 3.37. The molecule has 3 rings (SSSR count). The van der Waals surface area contributed by atoms with E-state index in [2.05, 4.69) is 12.2 Å². The average Bonchev–Trinajstić information content (AvgIpc) is 3.08. The lowest BCUT2D eigenvalue weighted by Crippen LogP contribution is -3.14. The van der Waals surface area contributed by atoms with Gasteiger partial charge in [0.15, 0.2) is 0 Å². The van der Waals surface area contributed by atoms with Crippen molar-refractivity contribution in [3.05, 3.63) is 60.2 Å². The summed E-state index contributed by atoms with van der Waals surface area (Å²) in [6.45, 7) is 5.26. The molecule has 2 atom stereocenters. The van der Waals surface area contributed by atoms with Crippen molar-refractivity contribution in [2.24, 2.45) is 0 Å². The molecule has 1 aliphatic heterocycles. The minimum atomic E-state index is -0.0658. The Labute approximate surface area is 143 Å². The number of likely N-dealkylation sites (tertiary alicyclic amines) is 1. The van der Waals surface area contributed by atoms with Gasteiger partial charge in [-0.1, -0.05) is 30.3 Å². The van der Waals surface area contributed by atoms with Crippen LogP contribution in [0.25, 0.3) is 0 Å². The number of benzene rings is 2. The fourth-order valence-corrected chi connectivity index (χ4v) is 3.37. The lowest BCUT2D eigenvalue weighted by molar-refractivity contribution is -0.909. The normalized spacial score (nSPS) is 19.9. The van der Waals surface area contributed by atoms with Crippen molar-refractivity contribution in [1.29, 1.82) is 0 Å². The van der Waals surface area contributed by atoms with Gasteiger partial charge >= 0.3 is 0 Å². The summed E-state index contributed by atoms with van der Waals surface area (Å²) in [7, 11) is 0. The van der Waals surface area contributed by atoms with Gasteiger partial charge in [-0.2, -0.15) is 0 Å². The van der Waals surface area contributed by atoms with E-state index < -0.39 is 0 Å². The van der Waals surface area contributed by atoms with Gasteiger partial charge in [-0.25, -0.2) is 0 Å². The monoisotopic (exact) mass is 325 g/mol. The summed E-state index contributed by atoms with van der Waals surface area (Å²) in [4.78, 5) is 14.2. The maximum Gasteiger partial charge on any atom is 0.255 e. The first kappa shape index (κ1) is 16.5. The number of para-hydroxylation sites is 2. The topological polar surface area (TPSA) is 42.8 Å². The first-order chi connectivity index (χ1) is 11.8. The molecule has 0 radical (unpaired) electrons. The third kappa shape index (κ3) is 3.95. The van der Waals surface area contributed by atoms with Crippen molar-refractivity contribution in [3.63, 3.8) is 0 Å². The molecule has 126 valence electrons. The molecule has 1 aliphatic rings. The third-order valence-electron chi connectivity index (χ3n) is 4.69. The number of nitrogens with one attached hydrogen (secondary N) is 2. The van der Waals surface area contributed by atoms with E-state index >= 15 is 0 Å². The van der Waals surface area contributed by atoms with Crippen LogP contribution >= 0.6 is 0 Å². The number of quaternary nitrogens is 1. The molecule has 1 fully saturated rings. The molecular formula is C20H25N2O2+. The Balaban J connectivity index is 1.66. The van der Waals surface area contributed by atoms with Crippen molar-refractivity contribution >= 4 is 5.91 Å². The van der Waals surface area contributed by atoms with E-state index in [0.717, 1.165) is 18.8 Å². The molecule has 0 aromatic heterocycles. The van der Waals surface area contributed by atoms with Crippen LogP contribution in [-0.2, 0) is 0 Å². The number of likely N-dealkylation sites (N-methyl/N-ethyl adjacent to an activating group) is 1. The van der Waals surface area contributed by atoms with E-state index in [1.165, 1.54) is 19.4 Å². The Hall–Kier alpha value is -2.33. The summed E-state index contributed by atoms with van der Waals surface area (Å²) in [5, 5.41) is 3.09. The standard InChI is InChI=1S/C20H24N2O2/c1-2-22-14-8-9-16(22)15-21-20(23)18-12-6-7-13-19(18)24-17-10-4-3-5-11-17/h3-7,10-13,16H,2,8-9,14-15H2,1H3,(H,21,23)/p+1/t16-/m0/s1. The molecule has 1 saturated heterocycles. The highest BCUT2D eigenvalue weighted by molar-refractivity contribution is 5.97. The van der Waals surface area contributed by atoms with Crippen molar-refractivity contribution in [2.45, 2.75) is 25.8 Å². The van der Waals surface area contributed by atoms with Gasteiger partial charge in [0.2, 0.25) is 0 Å². The van der Waals surface area contributed by atoms with Crippen LogP contribution in [0.3, 0.4) is 0 Å². The minimum absolute atomic E-state index is 0.0658. The molecular weight excluding hydrogens is 300 g/mol. The predicted octanol–water partition coefficient (Wildman–Crippen LogP) is 2.28. The highest BCUT2D eigenvalue weighted by Crippen LogP contribution is 2.24. The molecule has 2 N–H and O–H groups in total. The van der Waals surface area contributed by atoms with Gasteiger partial charge < -0.3 is 15.0 Å². The van der Waals surface area contributed by atoms with Crippen molar-refractivity contribution in [2.75, 3.05) is 19.6 Å². The van der Waals surface area contributed by atoms with Gasteiger partial charge in [-0.15, -0.1) is 0 Å². The van der Waals surface area contributed by atoms with Crippen LogP contribution in [0.1, 0.15) is 30.1 Å². The van der Waals surface area contributed by atoms with Crippen molar-refractivity contribution in [1.82, 2.24) is 5.32 Å². The Morgan fingerprint density at radius 3 is 2.71 bits per heavy atom. The lowest BCUT2D eigenvalue weighted by Gasteiger charge is -2.20. The SMILES string of the molecule is CC[NH+]1CCC[C@H]1CNC(=O)c1ccccc1Oc1ccccc1. The number of ether oxygens (including phenoxy) is 1. The van der Waals surface area contributed by atoms with Crippen LogP contribution in [0.2, 0.25) is 0 Å². The van der Waals surface area contributed by atoms with E-state index in [1.807, 2.05) is 54.6 Å². The van der Waals surface area contributed by atoms with Crippen LogP contribution in [-0.4, -0.2) is 31.6 Å². The van der Waals surface area contributed by atoms with Crippen LogP contribution in [0.5, 0.6) is 11.5 Å². The largest absolute Gasteiger partial charge is 0.457 e. The average molecular weight is 325 g/mol. The quantitative estimate of drug-likeness (QED) is 0.856. The Kier molecular flexibility index (Phi) is 5.49. The number of hydrogen-bond donors (Lipinski definition) is 2. The van der Waals surface area contributed by atoms with Crippen LogP contribution in [0.15, 0.2) is 54.6 Å². The molecule has 0 aliphatic carbocycles. The molecule has 1 unspecified atom stereocenters. The van der Waals surface area contributed by atoms with E-state index in [4.69, 9.17) is 4.74 Å². The molecule has 2 aromatic rings. The first-order valence-corrected chi connectivity index (χ1v) is 8.72. The number of amides is 1. The van der Waals surface area contributed by atoms with Crippen molar-refractivity contribution in [3.8, 4) is 11.5 Å². The van der Waals surface area contributed by atoms with E-state index in [0.29, 0.717) is 17.4 Å². The maximum atomic E-state index is 12.6. The molecule has 1 heterocycles. The Morgan fingerprint density at radius 1 is 1.17 bits per heavy atom. The van der Waals surface area contributed by atoms with Crippen LogP contribution in [0.4, 0.5) is 0 Å². The van der Waals surface area contributed by atoms with Gasteiger partial charge in [0, 0.05) is 12.8 Å². The zero-order chi connectivity index (χ0) is 16.8. The number of hydrogen-bond acceptors (Lipinski definition) is 2. The minimum Gasteiger partial charge on any atom is -0.457 e. The van der Waals surface area contributed by atoms with E-state index in [1.54, 1.807) is 4.90 Å². The molecule has 24 heavy (non-hydrogen) atoms. The highest BCUT2D eigenvalue weighted by Gasteiger charge is 2.27. The van der Waals surface area contributed by atoms with Gasteiger partial charge in [-0.3, -0.25) is 4.79 Å². The molecule has 0 saturated carbocycles. The molecule has 0 spiro atoms. The van der Waals surface area contributed by atoms with Crippen molar-refractivity contribution < 1.29 is 14.4 Å². The van der Waals surface area contributed by atoms with E-state index in [-0.39, 0.29) is 5.91 Å². The van der Waals surface area contributed by atoms with Crippen LogP contribution < -0.4 is 15.0 Å². The summed E-state index contributed by atoms with van der Waals surface area (Å²) in [5.74, 6) is 1.26. The van der Waals surface area contributed by atoms with Gasteiger partial charge in [0.05, 0.1) is 25.2 Å². The van der Waals surface area contributed by atoms with Gasteiger partial charge in [-0.05, 0) is 31.2 Å². The molecule has 1 amide bonds. The lowest BCUT2D eigenvalue weighted by atomic mass is 10.1. The summed E-state index contributed by atoms with van der Waals surface area (Å²) in [6.07, 6.45) is 2.43. The summed E-state index contributed by atoms with van der Waals surface area (Å²) in [6, 6.07) is 17.5. The van der Waals surface area contributed by atoms with Gasteiger partial charge in [0.1, 0.15) is 17.5 Å². The summed E-state index contributed by atoms with van der Waals surface area (Å²) < 4.78 is 5.88. The highest BCUT2D eigenvalue weighted by atomic mass is 16.5. The molecule has 0 bridgehead atoms. The second kappa shape index (κ2) is 7.97. The van der Waals surface area contributed by atoms with E-state index in [9.17, 15) is 4.79 Å². The Bertz CT molecular complexity index is 672.